The number of carbonyl (C=O) groups excluding carboxylic acids is 1. The summed E-state index contributed by atoms with van der Waals surface area (Å²) in [6, 6.07) is 11.7. The molecule has 0 bridgehead atoms. The van der Waals surface area contributed by atoms with Crippen LogP contribution in [0.3, 0.4) is 0 Å². The Labute approximate surface area is 118 Å². The Morgan fingerprint density at radius 1 is 1.10 bits per heavy atom. The Morgan fingerprint density at radius 2 is 1.85 bits per heavy atom. The molecule has 102 valence electrons. The highest BCUT2D eigenvalue weighted by molar-refractivity contribution is 6.00. The first kappa shape index (κ1) is 12.8. The largest absolute Gasteiger partial charge is 0.336 e. The predicted octanol–water partition coefficient (Wildman–Crippen LogP) is 1.79. The molecular formula is C16H17N3O. The highest BCUT2D eigenvalue weighted by atomic mass is 16.2. The van der Waals surface area contributed by atoms with Crippen molar-refractivity contribution in [2.75, 3.05) is 26.2 Å². The third-order valence-electron chi connectivity index (χ3n) is 3.54. The van der Waals surface area contributed by atoms with Crippen molar-refractivity contribution >= 4 is 5.91 Å². The molecule has 0 radical (unpaired) electrons. The lowest BCUT2D eigenvalue weighted by Gasteiger charge is -2.28. The zero-order valence-electron chi connectivity index (χ0n) is 11.2. The molecule has 1 aromatic heterocycles. The van der Waals surface area contributed by atoms with E-state index in [-0.39, 0.29) is 5.91 Å². The SMILES string of the molecule is O=C(c1ccncc1-c1ccccc1)N1CCNCC1. The van der Waals surface area contributed by atoms with Gasteiger partial charge in [0.15, 0.2) is 0 Å². The number of hydrogen-bond donors (Lipinski definition) is 1. The van der Waals surface area contributed by atoms with Gasteiger partial charge in [0.2, 0.25) is 0 Å². The minimum absolute atomic E-state index is 0.0905. The Bertz CT molecular complexity index is 592. The van der Waals surface area contributed by atoms with Crippen molar-refractivity contribution in [1.82, 2.24) is 15.2 Å². The van der Waals surface area contributed by atoms with Crippen molar-refractivity contribution in [3.63, 3.8) is 0 Å². The van der Waals surface area contributed by atoms with Crippen LogP contribution in [0.5, 0.6) is 0 Å². The van der Waals surface area contributed by atoms with E-state index >= 15 is 0 Å². The number of hydrogen-bond acceptors (Lipinski definition) is 3. The number of aromatic nitrogens is 1. The molecule has 1 fully saturated rings. The summed E-state index contributed by atoms with van der Waals surface area (Å²) in [5.41, 5.74) is 2.66. The van der Waals surface area contributed by atoms with E-state index in [0.717, 1.165) is 42.9 Å². The second-order valence-corrected chi connectivity index (χ2v) is 4.83. The molecule has 0 atom stereocenters. The average molecular weight is 267 g/mol. The number of benzene rings is 1. The summed E-state index contributed by atoms with van der Waals surface area (Å²) >= 11 is 0. The van der Waals surface area contributed by atoms with Gasteiger partial charge in [-0.25, -0.2) is 0 Å². The molecule has 2 heterocycles. The first-order valence-corrected chi connectivity index (χ1v) is 6.86. The Kier molecular flexibility index (Phi) is 3.74. The van der Waals surface area contributed by atoms with Crippen LogP contribution in [0.1, 0.15) is 10.4 Å². The Balaban J connectivity index is 1.95. The first-order valence-electron chi connectivity index (χ1n) is 6.86. The number of rotatable bonds is 2. The number of nitrogens with zero attached hydrogens (tertiary/aromatic N) is 2. The first-order chi connectivity index (χ1) is 9.86. The summed E-state index contributed by atoms with van der Waals surface area (Å²) in [4.78, 5) is 18.7. The fraction of sp³-hybridized carbons (Fsp3) is 0.250. The quantitative estimate of drug-likeness (QED) is 0.902. The van der Waals surface area contributed by atoms with Gasteiger partial charge >= 0.3 is 0 Å². The van der Waals surface area contributed by atoms with Crippen LogP contribution >= 0.6 is 0 Å². The van der Waals surface area contributed by atoms with E-state index in [1.54, 1.807) is 12.4 Å². The van der Waals surface area contributed by atoms with E-state index < -0.39 is 0 Å². The number of carbonyl (C=O) groups is 1. The molecule has 1 amide bonds. The van der Waals surface area contributed by atoms with Crippen LogP contribution in [0, 0.1) is 0 Å². The van der Waals surface area contributed by atoms with Gasteiger partial charge in [-0.1, -0.05) is 30.3 Å². The number of nitrogens with one attached hydrogen (secondary N) is 1. The molecule has 20 heavy (non-hydrogen) atoms. The van der Waals surface area contributed by atoms with E-state index in [9.17, 15) is 4.79 Å². The molecular weight excluding hydrogens is 250 g/mol. The number of amides is 1. The second kappa shape index (κ2) is 5.84. The van der Waals surface area contributed by atoms with Gasteiger partial charge in [-0.3, -0.25) is 9.78 Å². The van der Waals surface area contributed by atoms with Crippen LogP contribution in [0.25, 0.3) is 11.1 Å². The molecule has 0 aliphatic carbocycles. The monoisotopic (exact) mass is 267 g/mol. The average Bonchev–Trinajstić information content (AvgIpc) is 2.56. The molecule has 0 unspecified atom stereocenters. The third kappa shape index (κ3) is 2.56. The lowest BCUT2D eigenvalue weighted by atomic mass is 10.0. The molecule has 1 aliphatic heterocycles. The van der Waals surface area contributed by atoms with Gasteiger partial charge in [-0.05, 0) is 11.6 Å². The molecule has 1 aromatic carbocycles. The maximum absolute atomic E-state index is 12.7. The molecule has 0 spiro atoms. The van der Waals surface area contributed by atoms with E-state index in [4.69, 9.17) is 0 Å². The van der Waals surface area contributed by atoms with Gasteiger partial charge in [0.1, 0.15) is 0 Å². The Morgan fingerprint density at radius 3 is 2.60 bits per heavy atom. The molecule has 0 saturated carbocycles. The van der Waals surface area contributed by atoms with Crippen LogP contribution < -0.4 is 5.32 Å². The van der Waals surface area contributed by atoms with Crippen LogP contribution in [-0.2, 0) is 0 Å². The zero-order valence-corrected chi connectivity index (χ0v) is 11.2. The Hall–Kier alpha value is -2.20. The van der Waals surface area contributed by atoms with Crippen molar-refractivity contribution in [1.29, 1.82) is 0 Å². The summed E-state index contributed by atoms with van der Waals surface area (Å²) in [5.74, 6) is 0.0905. The van der Waals surface area contributed by atoms with Crippen molar-refractivity contribution in [3.8, 4) is 11.1 Å². The topological polar surface area (TPSA) is 45.2 Å². The lowest BCUT2D eigenvalue weighted by Crippen LogP contribution is -2.46. The second-order valence-electron chi connectivity index (χ2n) is 4.83. The smallest absolute Gasteiger partial charge is 0.254 e. The van der Waals surface area contributed by atoms with Crippen molar-refractivity contribution in [2.24, 2.45) is 0 Å². The van der Waals surface area contributed by atoms with E-state index in [1.807, 2.05) is 41.3 Å². The minimum atomic E-state index is 0.0905. The molecule has 3 rings (SSSR count). The van der Waals surface area contributed by atoms with Gasteiger partial charge < -0.3 is 10.2 Å². The van der Waals surface area contributed by atoms with Crippen LogP contribution in [0.15, 0.2) is 48.8 Å². The zero-order chi connectivity index (χ0) is 13.8. The third-order valence-corrected chi connectivity index (χ3v) is 3.54. The van der Waals surface area contributed by atoms with Crippen molar-refractivity contribution < 1.29 is 4.79 Å². The van der Waals surface area contributed by atoms with Crippen molar-refractivity contribution in [2.45, 2.75) is 0 Å². The van der Waals surface area contributed by atoms with E-state index in [0.29, 0.717) is 0 Å². The summed E-state index contributed by atoms with van der Waals surface area (Å²) in [6.45, 7) is 3.24. The van der Waals surface area contributed by atoms with Crippen LogP contribution in [0.2, 0.25) is 0 Å². The summed E-state index contributed by atoms with van der Waals surface area (Å²) in [7, 11) is 0. The molecule has 4 heteroatoms. The van der Waals surface area contributed by atoms with Gasteiger partial charge in [0, 0.05) is 44.1 Å². The molecule has 1 saturated heterocycles. The lowest BCUT2D eigenvalue weighted by molar-refractivity contribution is 0.0736. The van der Waals surface area contributed by atoms with Crippen LogP contribution in [0.4, 0.5) is 0 Å². The van der Waals surface area contributed by atoms with Crippen LogP contribution in [-0.4, -0.2) is 42.0 Å². The van der Waals surface area contributed by atoms with Gasteiger partial charge in [-0.2, -0.15) is 0 Å². The van der Waals surface area contributed by atoms with Gasteiger partial charge in [0.05, 0.1) is 5.56 Å². The summed E-state index contributed by atoms with van der Waals surface area (Å²) in [5, 5.41) is 3.26. The summed E-state index contributed by atoms with van der Waals surface area (Å²) in [6.07, 6.45) is 3.45. The standard InChI is InChI=1S/C16H17N3O/c20-16(19-10-8-17-9-11-19)14-6-7-18-12-15(14)13-4-2-1-3-5-13/h1-7,12,17H,8-11H2. The van der Waals surface area contributed by atoms with E-state index in [2.05, 4.69) is 10.3 Å². The number of piperazine rings is 1. The predicted molar refractivity (Wildman–Crippen MR) is 78.4 cm³/mol. The maximum Gasteiger partial charge on any atom is 0.254 e. The maximum atomic E-state index is 12.7. The van der Waals surface area contributed by atoms with Gasteiger partial charge in [-0.15, -0.1) is 0 Å². The molecule has 4 nitrogen and oxygen atoms in total. The van der Waals surface area contributed by atoms with E-state index in [1.165, 1.54) is 0 Å². The molecule has 1 aliphatic rings. The van der Waals surface area contributed by atoms with Gasteiger partial charge in [0.25, 0.3) is 5.91 Å². The highest BCUT2D eigenvalue weighted by Crippen LogP contribution is 2.23. The fourth-order valence-electron chi connectivity index (χ4n) is 2.47. The highest BCUT2D eigenvalue weighted by Gasteiger charge is 2.20. The normalized spacial score (nSPS) is 15.1. The summed E-state index contributed by atoms with van der Waals surface area (Å²) < 4.78 is 0. The van der Waals surface area contributed by atoms with Crippen molar-refractivity contribution in [3.05, 3.63) is 54.4 Å². The minimum Gasteiger partial charge on any atom is -0.336 e. The molecule has 2 aromatic rings. The number of pyridine rings is 1. The fourth-order valence-corrected chi connectivity index (χ4v) is 2.47. The molecule has 1 N–H and O–H groups in total.